The normalized spacial score (nSPS) is 13.9. The van der Waals surface area contributed by atoms with Crippen LogP contribution in [0.5, 0.6) is 5.75 Å². The summed E-state index contributed by atoms with van der Waals surface area (Å²) in [4.78, 5) is 0. The van der Waals surface area contributed by atoms with E-state index in [0.29, 0.717) is 13.0 Å². The van der Waals surface area contributed by atoms with Crippen molar-refractivity contribution in [3.63, 3.8) is 0 Å². The lowest BCUT2D eigenvalue weighted by atomic mass is 10.1. The fraction of sp³-hybridized carbons (Fsp3) is 0.400. The third kappa shape index (κ3) is 6.61. The molecule has 0 unspecified atom stereocenters. The zero-order valence-electron chi connectivity index (χ0n) is 21.7. The Morgan fingerprint density at radius 2 is 1.37 bits per heavy atom. The number of rotatable bonds is 12. The van der Waals surface area contributed by atoms with E-state index in [4.69, 9.17) is 13.9 Å². The van der Waals surface area contributed by atoms with Gasteiger partial charge in [0, 0.05) is 6.61 Å². The Balaban J connectivity index is 1.93. The number of ether oxygens (including phenoxy) is 2. The molecule has 0 radical (unpaired) electrons. The summed E-state index contributed by atoms with van der Waals surface area (Å²) in [5.74, 6) is 0.828. The van der Waals surface area contributed by atoms with Crippen LogP contribution in [0, 0.1) is 0 Å². The summed E-state index contributed by atoms with van der Waals surface area (Å²) in [6, 6.07) is 29.3. The largest absolute Gasteiger partial charge is 0.497 e. The van der Waals surface area contributed by atoms with Crippen molar-refractivity contribution in [2.24, 2.45) is 0 Å². The Labute approximate surface area is 212 Å². The maximum atomic E-state index is 9.56. The van der Waals surface area contributed by atoms with E-state index in [1.54, 1.807) is 7.11 Å². The molecule has 0 amide bonds. The first-order valence-electron chi connectivity index (χ1n) is 12.5. The zero-order chi connectivity index (χ0) is 25.3. The topological polar surface area (TPSA) is 47.9 Å². The maximum absolute atomic E-state index is 9.56. The molecule has 188 valence electrons. The molecule has 0 heterocycles. The van der Waals surface area contributed by atoms with Crippen LogP contribution in [0.4, 0.5) is 0 Å². The second-order valence-electron chi connectivity index (χ2n) is 10.0. The quantitative estimate of drug-likeness (QED) is 0.348. The smallest absolute Gasteiger partial charge is 0.261 e. The van der Waals surface area contributed by atoms with E-state index in [0.717, 1.165) is 17.7 Å². The first kappa shape index (κ1) is 27.1. The molecule has 0 spiro atoms. The zero-order valence-corrected chi connectivity index (χ0v) is 22.7. The molecule has 3 rings (SSSR count). The van der Waals surface area contributed by atoms with Gasteiger partial charge in [-0.05, 0) is 52.9 Å². The number of aliphatic hydroxyl groups is 1. The number of aliphatic hydroxyl groups excluding tert-OH is 1. The predicted octanol–water partition coefficient (Wildman–Crippen LogP) is 5.32. The molecule has 0 aliphatic rings. The Bertz CT molecular complexity index is 961. The Morgan fingerprint density at radius 1 is 0.829 bits per heavy atom. The molecule has 4 nitrogen and oxygen atoms in total. The van der Waals surface area contributed by atoms with Crippen LogP contribution in [0.25, 0.3) is 0 Å². The van der Waals surface area contributed by atoms with E-state index >= 15 is 0 Å². The van der Waals surface area contributed by atoms with Crippen molar-refractivity contribution in [1.29, 1.82) is 0 Å². The lowest BCUT2D eigenvalue weighted by Crippen LogP contribution is -2.68. The van der Waals surface area contributed by atoms with Gasteiger partial charge in [0.05, 0.1) is 25.9 Å². The third-order valence-corrected chi connectivity index (χ3v) is 11.7. The van der Waals surface area contributed by atoms with E-state index in [1.165, 1.54) is 10.4 Å². The van der Waals surface area contributed by atoms with Gasteiger partial charge in [-0.1, -0.05) is 93.6 Å². The highest BCUT2D eigenvalue weighted by Crippen LogP contribution is 2.38. The molecule has 2 atom stereocenters. The van der Waals surface area contributed by atoms with Gasteiger partial charge in [-0.2, -0.15) is 0 Å². The van der Waals surface area contributed by atoms with Crippen LogP contribution in [0.1, 0.15) is 46.1 Å². The molecule has 0 aliphatic heterocycles. The van der Waals surface area contributed by atoms with E-state index in [9.17, 15) is 5.11 Å². The van der Waals surface area contributed by atoms with Crippen molar-refractivity contribution in [3.05, 3.63) is 90.5 Å². The van der Waals surface area contributed by atoms with Gasteiger partial charge in [0.25, 0.3) is 8.32 Å². The summed E-state index contributed by atoms with van der Waals surface area (Å²) in [5.41, 5.74) is 1.08. The molecule has 0 saturated carbocycles. The summed E-state index contributed by atoms with van der Waals surface area (Å²) < 4.78 is 19.0. The SMILES string of the molecule is COc1ccc(CO[C@H](CCCO)[C@@H](C)O[Si](c2ccccc2)(c2ccccc2)C(C)(C)C)cc1. The van der Waals surface area contributed by atoms with Crippen LogP contribution in [0.15, 0.2) is 84.9 Å². The minimum Gasteiger partial charge on any atom is -0.497 e. The highest BCUT2D eigenvalue weighted by Gasteiger charge is 2.51. The first-order chi connectivity index (χ1) is 16.8. The molecule has 3 aromatic carbocycles. The van der Waals surface area contributed by atoms with Crippen molar-refractivity contribution in [1.82, 2.24) is 0 Å². The lowest BCUT2D eigenvalue weighted by Gasteiger charge is -2.45. The molecule has 0 saturated heterocycles. The molecule has 0 aliphatic carbocycles. The van der Waals surface area contributed by atoms with Crippen LogP contribution in [0.2, 0.25) is 5.04 Å². The van der Waals surface area contributed by atoms with E-state index in [2.05, 4.69) is 88.4 Å². The van der Waals surface area contributed by atoms with Gasteiger partial charge in [-0.15, -0.1) is 0 Å². The molecule has 5 heteroatoms. The second-order valence-corrected chi connectivity index (χ2v) is 14.3. The van der Waals surface area contributed by atoms with Gasteiger partial charge in [0.2, 0.25) is 0 Å². The van der Waals surface area contributed by atoms with Crippen LogP contribution >= 0.6 is 0 Å². The Morgan fingerprint density at radius 3 is 1.83 bits per heavy atom. The van der Waals surface area contributed by atoms with Crippen molar-refractivity contribution >= 4 is 18.7 Å². The second kappa shape index (κ2) is 12.5. The molecule has 1 N–H and O–H groups in total. The molecular formula is C30H40O4Si. The highest BCUT2D eigenvalue weighted by molar-refractivity contribution is 6.99. The maximum Gasteiger partial charge on any atom is 0.261 e. The summed E-state index contributed by atoms with van der Waals surface area (Å²) in [6.07, 6.45) is 1.09. The van der Waals surface area contributed by atoms with Crippen molar-refractivity contribution in [2.45, 2.75) is 64.4 Å². The van der Waals surface area contributed by atoms with E-state index in [1.807, 2.05) is 24.3 Å². The van der Waals surface area contributed by atoms with Gasteiger partial charge in [0.1, 0.15) is 5.75 Å². The molecular weight excluding hydrogens is 452 g/mol. The lowest BCUT2D eigenvalue weighted by molar-refractivity contribution is -0.0381. The minimum absolute atomic E-state index is 0.110. The Kier molecular flexibility index (Phi) is 9.69. The molecule has 0 aromatic heterocycles. The van der Waals surface area contributed by atoms with Crippen LogP contribution in [-0.2, 0) is 15.8 Å². The monoisotopic (exact) mass is 492 g/mol. The first-order valence-corrected chi connectivity index (χ1v) is 14.4. The van der Waals surface area contributed by atoms with Gasteiger partial charge in [0.15, 0.2) is 0 Å². The number of hydrogen-bond acceptors (Lipinski definition) is 4. The predicted molar refractivity (Wildman–Crippen MR) is 146 cm³/mol. The number of hydrogen-bond donors (Lipinski definition) is 1. The minimum atomic E-state index is -2.69. The third-order valence-electron chi connectivity index (χ3n) is 6.57. The van der Waals surface area contributed by atoms with E-state index in [-0.39, 0.29) is 23.9 Å². The summed E-state index contributed by atoms with van der Waals surface area (Å²) in [6.45, 7) is 9.59. The number of benzene rings is 3. The summed E-state index contributed by atoms with van der Waals surface area (Å²) >= 11 is 0. The fourth-order valence-corrected chi connectivity index (χ4v) is 9.44. The molecule has 0 fully saturated rings. The molecule has 0 bridgehead atoms. The summed E-state index contributed by atoms with van der Waals surface area (Å²) in [5, 5.41) is 11.9. The van der Waals surface area contributed by atoms with E-state index < -0.39 is 8.32 Å². The summed E-state index contributed by atoms with van der Waals surface area (Å²) in [7, 11) is -1.03. The van der Waals surface area contributed by atoms with Gasteiger partial charge in [-0.3, -0.25) is 0 Å². The number of methoxy groups -OCH3 is 1. The van der Waals surface area contributed by atoms with Crippen LogP contribution < -0.4 is 15.1 Å². The molecule has 35 heavy (non-hydrogen) atoms. The average Bonchev–Trinajstić information content (AvgIpc) is 2.87. The van der Waals surface area contributed by atoms with Crippen molar-refractivity contribution < 1.29 is 19.0 Å². The Hall–Kier alpha value is -2.44. The van der Waals surface area contributed by atoms with Crippen LogP contribution in [-0.4, -0.2) is 39.3 Å². The standard InChI is InChI=1S/C30H40O4Si/c1-24(29(17-12-22-31)33-23-25-18-20-26(32-5)21-19-25)34-35(30(2,3)4,27-13-8-6-9-14-27)28-15-10-7-11-16-28/h6-11,13-16,18-21,24,29,31H,12,17,22-23H2,1-5H3/t24-,29-/m1/s1. The van der Waals surface area contributed by atoms with Gasteiger partial charge in [-0.25, -0.2) is 0 Å². The average molecular weight is 493 g/mol. The fourth-order valence-electron chi connectivity index (χ4n) is 4.72. The van der Waals surface area contributed by atoms with Gasteiger partial charge >= 0.3 is 0 Å². The van der Waals surface area contributed by atoms with Crippen molar-refractivity contribution in [2.75, 3.05) is 13.7 Å². The van der Waals surface area contributed by atoms with Crippen LogP contribution in [0.3, 0.4) is 0 Å². The highest BCUT2D eigenvalue weighted by atomic mass is 28.4. The molecule has 3 aromatic rings. The van der Waals surface area contributed by atoms with Gasteiger partial charge < -0.3 is 19.0 Å². The van der Waals surface area contributed by atoms with Crippen molar-refractivity contribution in [3.8, 4) is 5.75 Å².